The molecule has 0 aliphatic carbocycles. The summed E-state index contributed by atoms with van der Waals surface area (Å²) in [5, 5.41) is 0. The Balaban J connectivity index is 2.80. The van der Waals surface area contributed by atoms with E-state index in [-0.39, 0.29) is 11.9 Å². The fraction of sp³-hybridized carbons (Fsp3) is 0.692. The van der Waals surface area contributed by atoms with Gasteiger partial charge in [-0.05, 0) is 19.8 Å². The summed E-state index contributed by atoms with van der Waals surface area (Å²) < 4.78 is 1.85. The monoisotopic (exact) mass is 252 g/mol. The third-order valence-corrected chi connectivity index (χ3v) is 3.23. The molecule has 1 amide bonds. The van der Waals surface area contributed by atoms with Gasteiger partial charge in [0, 0.05) is 25.3 Å². The van der Waals surface area contributed by atoms with Crippen molar-refractivity contribution in [3.8, 4) is 0 Å². The van der Waals surface area contributed by atoms with E-state index in [1.807, 2.05) is 23.3 Å². The molecule has 0 saturated carbocycles. The Hall–Kier alpha value is -1.36. The molecule has 1 rings (SSSR count). The van der Waals surface area contributed by atoms with Crippen molar-refractivity contribution in [2.24, 2.45) is 11.7 Å². The summed E-state index contributed by atoms with van der Waals surface area (Å²) in [5.41, 5.74) is 7.04. The maximum Gasteiger partial charge on any atom is 0.242 e. The Morgan fingerprint density at radius 2 is 2.06 bits per heavy atom. The highest BCUT2D eigenvalue weighted by molar-refractivity contribution is 5.76. The maximum atomic E-state index is 12.1. The molecule has 1 heterocycles. The van der Waals surface area contributed by atoms with Crippen molar-refractivity contribution in [1.29, 1.82) is 0 Å². The van der Waals surface area contributed by atoms with Gasteiger partial charge in [-0.25, -0.2) is 4.98 Å². The van der Waals surface area contributed by atoms with Gasteiger partial charge >= 0.3 is 0 Å². The third-order valence-electron chi connectivity index (χ3n) is 3.23. The number of rotatable bonds is 6. The zero-order chi connectivity index (χ0) is 13.7. The van der Waals surface area contributed by atoms with Crippen LogP contribution in [0.15, 0.2) is 12.5 Å². The Bertz CT molecular complexity index is 382. The summed E-state index contributed by atoms with van der Waals surface area (Å²) >= 11 is 0. The molecule has 0 radical (unpaired) electrons. The van der Waals surface area contributed by atoms with Gasteiger partial charge in [-0.15, -0.1) is 0 Å². The average Bonchev–Trinajstić information content (AvgIpc) is 2.77. The fourth-order valence-corrected chi connectivity index (χ4v) is 1.90. The summed E-state index contributed by atoms with van der Waals surface area (Å²) in [6, 6.07) is -0.0861. The molecule has 2 N–H and O–H groups in total. The molecule has 102 valence electrons. The topological polar surface area (TPSA) is 64.2 Å². The lowest BCUT2D eigenvalue weighted by molar-refractivity contribution is -0.131. The molecule has 0 aliphatic rings. The Morgan fingerprint density at radius 3 is 2.56 bits per heavy atom. The minimum absolute atomic E-state index is 0.0861. The lowest BCUT2D eigenvalue weighted by Gasteiger charge is -2.21. The van der Waals surface area contributed by atoms with Crippen LogP contribution in [0, 0.1) is 5.92 Å². The summed E-state index contributed by atoms with van der Waals surface area (Å²) in [6.45, 7) is 9.87. The molecule has 1 unspecified atom stereocenters. The van der Waals surface area contributed by atoms with Crippen molar-refractivity contribution in [2.45, 2.75) is 40.3 Å². The third kappa shape index (κ3) is 3.32. The van der Waals surface area contributed by atoms with Gasteiger partial charge in [0.2, 0.25) is 5.91 Å². The minimum atomic E-state index is -0.0861. The maximum absolute atomic E-state index is 12.1. The van der Waals surface area contributed by atoms with Gasteiger partial charge in [0.25, 0.3) is 0 Å². The van der Waals surface area contributed by atoms with E-state index >= 15 is 0 Å². The lowest BCUT2D eigenvalue weighted by atomic mass is 10.0. The van der Waals surface area contributed by atoms with E-state index < -0.39 is 0 Å². The molecule has 1 aromatic rings. The first-order chi connectivity index (χ1) is 8.51. The van der Waals surface area contributed by atoms with Gasteiger partial charge in [-0.2, -0.15) is 0 Å². The second kappa shape index (κ2) is 6.54. The first-order valence-corrected chi connectivity index (χ1v) is 6.54. The highest BCUT2D eigenvalue weighted by Gasteiger charge is 2.18. The van der Waals surface area contributed by atoms with Crippen molar-refractivity contribution in [3.63, 3.8) is 0 Å². The molecule has 5 nitrogen and oxygen atoms in total. The lowest BCUT2D eigenvalue weighted by Crippen LogP contribution is -2.34. The average molecular weight is 252 g/mol. The number of nitrogens with two attached hydrogens (primary N) is 1. The van der Waals surface area contributed by atoms with E-state index in [9.17, 15) is 4.79 Å². The zero-order valence-corrected chi connectivity index (χ0v) is 11.8. The predicted octanol–water partition coefficient (Wildman–Crippen LogP) is 1.41. The number of hydrogen-bond donors (Lipinski definition) is 1. The molecule has 18 heavy (non-hydrogen) atoms. The number of nitrogens with zero attached hydrogens (tertiary/aromatic N) is 3. The van der Waals surface area contributed by atoms with E-state index in [2.05, 4.69) is 18.8 Å². The molecule has 1 aromatic heterocycles. The summed E-state index contributed by atoms with van der Waals surface area (Å²) in [6.07, 6.45) is 3.43. The van der Waals surface area contributed by atoms with Crippen molar-refractivity contribution in [3.05, 3.63) is 18.2 Å². The molecule has 0 aliphatic heterocycles. The molecule has 0 bridgehead atoms. The molecule has 0 aromatic carbocycles. The van der Waals surface area contributed by atoms with Gasteiger partial charge in [0.1, 0.15) is 6.54 Å². The summed E-state index contributed by atoms with van der Waals surface area (Å²) in [4.78, 5) is 18.0. The highest BCUT2D eigenvalue weighted by atomic mass is 16.2. The van der Waals surface area contributed by atoms with Crippen LogP contribution in [-0.4, -0.2) is 33.4 Å². The number of likely N-dealkylation sites (N-methyl/N-ethyl adjacent to an activating group) is 1. The molecule has 0 spiro atoms. The van der Waals surface area contributed by atoms with Crippen molar-refractivity contribution in [2.75, 3.05) is 13.1 Å². The number of amides is 1. The van der Waals surface area contributed by atoms with Crippen LogP contribution >= 0.6 is 0 Å². The molecule has 5 heteroatoms. The largest absolute Gasteiger partial charge is 0.342 e. The van der Waals surface area contributed by atoms with E-state index in [1.54, 1.807) is 12.5 Å². The van der Waals surface area contributed by atoms with Crippen LogP contribution in [0.5, 0.6) is 0 Å². The number of imidazole rings is 1. The van der Waals surface area contributed by atoms with Crippen LogP contribution in [0.2, 0.25) is 0 Å². The van der Waals surface area contributed by atoms with Crippen LogP contribution in [0.4, 0.5) is 0 Å². The van der Waals surface area contributed by atoms with Crippen LogP contribution in [0.25, 0.3) is 0 Å². The van der Waals surface area contributed by atoms with Gasteiger partial charge in [-0.3, -0.25) is 4.79 Å². The van der Waals surface area contributed by atoms with E-state index in [4.69, 9.17) is 5.73 Å². The molecule has 0 saturated heterocycles. The Labute approximate surface area is 109 Å². The first-order valence-electron chi connectivity index (χ1n) is 6.54. The van der Waals surface area contributed by atoms with Crippen LogP contribution in [-0.2, 0) is 11.3 Å². The molecular weight excluding hydrogens is 228 g/mol. The number of carbonyl (C=O) groups is 1. The molecule has 0 fully saturated rings. The number of aromatic nitrogens is 2. The second-order valence-corrected chi connectivity index (χ2v) is 4.78. The quantitative estimate of drug-likeness (QED) is 0.832. The van der Waals surface area contributed by atoms with Crippen LogP contribution < -0.4 is 5.73 Å². The van der Waals surface area contributed by atoms with Crippen molar-refractivity contribution < 1.29 is 4.79 Å². The van der Waals surface area contributed by atoms with E-state index in [0.717, 1.165) is 18.8 Å². The van der Waals surface area contributed by atoms with Crippen LogP contribution in [0.3, 0.4) is 0 Å². The van der Waals surface area contributed by atoms with Gasteiger partial charge in [0.05, 0.1) is 12.0 Å². The SMILES string of the molecule is CCN(CC)C(=O)Cn1cncc1C(N)C(C)C. The van der Waals surface area contributed by atoms with E-state index in [0.29, 0.717) is 12.5 Å². The normalized spacial score (nSPS) is 12.8. The predicted molar refractivity (Wildman–Crippen MR) is 71.9 cm³/mol. The van der Waals surface area contributed by atoms with Crippen LogP contribution in [0.1, 0.15) is 39.4 Å². The van der Waals surface area contributed by atoms with Crippen molar-refractivity contribution >= 4 is 5.91 Å². The fourth-order valence-electron chi connectivity index (χ4n) is 1.90. The second-order valence-electron chi connectivity index (χ2n) is 4.78. The Kier molecular flexibility index (Phi) is 5.34. The number of hydrogen-bond acceptors (Lipinski definition) is 3. The van der Waals surface area contributed by atoms with Gasteiger partial charge in [-0.1, -0.05) is 13.8 Å². The standard InChI is InChI=1S/C13H24N4O/c1-5-16(6-2)12(18)8-17-9-15-7-11(17)13(14)10(3)4/h7,9-10,13H,5-6,8,14H2,1-4H3. The van der Waals surface area contributed by atoms with E-state index in [1.165, 1.54) is 0 Å². The Morgan fingerprint density at radius 1 is 1.44 bits per heavy atom. The highest BCUT2D eigenvalue weighted by Crippen LogP contribution is 2.18. The summed E-state index contributed by atoms with van der Waals surface area (Å²) in [7, 11) is 0. The summed E-state index contributed by atoms with van der Waals surface area (Å²) in [5.74, 6) is 0.430. The molecular formula is C13H24N4O. The number of carbonyl (C=O) groups excluding carboxylic acids is 1. The van der Waals surface area contributed by atoms with Gasteiger partial charge in [0.15, 0.2) is 0 Å². The first kappa shape index (κ1) is 14.7. The van der Waals surface area contributed by atoms with Crippen molar-refractivity contribution in [1.82, 2.24) is 14.5 Å². The minimum Gasteiger partial charge on any atom is -0.342 e. The zero-order valence-electron chi connectivity index (χ0n) is 11.8. The smallest absolute Gasteiger partial charge is 0.242 e. The van der Waals surface area contributed by atoms with Gasteiger partial charge < -0.3 is 15.2 Å². The molecule has 1 atom stereocenters.